The smallest absolute Gasteiger partial charge is 0.461 e. The molecular formula is C19H19F4NO3. The van der Waals surface area contributed by atoms with E-state index in [2.05, 4.69) is 10.1 Å². The van der Waals surface area contributed by atoms with Gasteiger partial charge in [0.15, 0.2) is 0 Å². The van der Waals surface area contributed by atoms with E-state index in [9.17, 15) is 22.4 Å². The lowest BCUT2D eigenvalue weighted by molar-refractivity contribution is -0.252. The van der Waals surface area contributed by atoms with Crippen LogP contribution in [-0.2, 0) is 0 Å². The molecule has 27 heavy (non-hydrogen) atoms. The Labute approximate surface area is 154 Å². The molecule has 0 aromatic heterocycles. The Hall–Kier alpha value is -2.77. The molecule has 0 aliphatic rings. The second-order valence-electron chi connectivity index (χ2n) is 5.64. The summed E-state index contributed by atoms with van der Waals surface area (Å²) in [5, 5.41) is 2.38. The number of carbonyl (C=O) groups excluding carboxylic acids is 1. The lowest BCUT2D eigenvalue weighted by Gasteiger charge is -2.19. The summed E-state index contributed by atoms with van der Waals surface area (Å²) in [4.78, 5) is 12.3. The van der Waals surface area contributed by atoms with Gasteiger partial charge in [-0.05, 0) is 42.8 Å². The lowest BCUT2D eigenvalue weighted by atomic mass is 10.2. The Kier molecular flexibility index (Phi) is 7.04. The highest BCUT2D eigenvalue weighted by atomic mass is 19.3. The van der Waals surface area contributed by atoms with Gasteiger partial charge in [-0.3, -0.25) is 4.79 Å². The van der Waals surface area contributed by atoms with E-state index in [4.69, 9.17) is 4.74 Å². The van der Waals surface area contributed by atoms with Gasteiger partial charge in [0.05, 0.1) is 12.3 Å². The fraction of sp³-hybridized carbons (Fsp3) is 0.316. The highest BCUT2D eigenvalue weighted by Gasteiger charge is 2.44. The summed E-state index contributed by atoms with van der Waals surface area (Å²) in [5.41, 5.74) is 0.0966. The Morgan fingerprint density at radius 1 is 1.11 bits per heavy atom. The summed E-state index contributed by atoms with van der Waals surface area (Å²) < 4.78 is 60.5. The number of halogens is 4. The quantitative estimate of drug-likeness (QED) is 0.467. The van der Waals surface area contributed by atoms with E-state index in [-0.39, 0.29) is 11.3 Å². The number of anilines is 1. The zero-order valence-corrected chi connectivity index (χ0v) is 14.6. The number of amides is 1. The van der Waals surface area contributed by atoms with Crippen molar-refractivity contribution >= 4 is 11.6 Å². The monoisotopic (exact) mass is 385 g/mol. The number of para-hydroxylation sites is 2. The summed E-state index contributed by atoms with van der Waals surface area (Å²) in [5.74, 6) is -0.567. The predicted octanol–water partition coefficient (Wildman–Crippen LogP) is 5.35. The highest BCUT2D eigenvalue weighted by molar-refractivity contribution is 6.05. The molecule has 1 amide bonds. The minimum atomic E-state index is -4.67. The largest absolute Gasteiger partial charge is 0.494 e. The molecule has 8 heteroatoms. The number of nitrogens with one attached hydrogen (secondary N) is 1. The first-order valence-corrected chi connectivity index (χ1v) is 8.31. The molecular weight excluding hydrogens is 366 g/mol. The first-order chi connectivity index (χ1) is 12.8. The average Bonchev–Trinajstić information content (AvgIpc) is 2.64. The first-order valence-electron chi connectivity index (χ1n) is 8.31. The van der Waals surface area contributed by atoms with E-state index >= 15 is 0 Å². The average molecular weight is 385 g/mol. The number of benzene rings is 2. The van der Waals surface area contributed by atoms with Crippen LogP contribution in [-0.4, -0.2) is 25.0 Å². The van der Waals surface area contributed by atoms with Crippen LogP contribution in [0.1, 0.15) is 30.1 Å². The van der Waals surface area contributed by atoms with Gasteiger partial charge < -0.3 is 14.8 Å². The molecule has 2 aromatic carbocycles. The highest BCUT2D eigenvalue weighted by Crippen LogP contribution is 2.32. The number of hydrogen-bond donors (Lipinski definition) is 1. The Bertz CT molecular complexity index is 751. The van der Waals surface area contributed by atoms with Crippen LogP contribution in [0.15, 0.2) is 48.5 Å². The fourth-order valence-corrected chi connectivity index (χ4v) is 2.08. The number of rotatable bonds is 9. The summed E-state index contributed by atoms with van der Waals surface area (Å²) in [7, 11) is 0. The zero-order valence-electron chi connectivity index (χ0n) is 14.6. The molecule has 0 saturated carbocycles. The second-order valence-corrected chi connectivity index (χ2v) is 5.64. The maximum atomic E-state index is 13.1. The molecule has 1 N–H and O–H groups in total. The van der Waals surface area contributed by atoms with Crippen LogP contribution >= 0.6 is 0 Å². The predicted molar refractivity (Wildman–Crippen MR) is 92.8 cm³/mol. The first kappa shape index (κ1) is 20.5. The Morgan fingerprint density at radius 2 is 1.78 bits per heavy atom. The van der Waals surface area contributed by atoms with Crippen LogP contribution in [0.3, 0.4) is 0 Å². The van der Waals surface area contributed by atoms with Gasteiger partial charge in [-0.25, -0.2) is 0 Å². The van der Waals surface area contributed by atoms with Crippen molar-refractivity contribution in [3.8, 4) is 11.5 Å². The molecule has 0 fully saturated rings. The van der Waals surface area contributed by atoms with Crippen molar-refractivity contribution in [2.24, 2.45) is 0 Å². The van der Waals surface area contributed by atoms with Crippen LogP contribution in [0.4, 0.5) is 23.2 Å². The molecule has 2 rings (SSSR count). The molecule has 0 unspecified atom stereocenters. The van der Waals surface area contributed by atoms with Crippen molar-refractivity contribution in [2.45, 2.75) is 32.3 Å². The fourth-order valence-electron chi connectivity index (χ4n) is 2.08. The van der Waals surface area contributed by atoms with Crippen molar-refractivity contribution < 1.29 is 31.8 Å². The van der Waals surface area contributed by atoms with E-state index in [0.29, 0.717) is 12.4 Å². The molecule has 0 atom stereocenters. The summed E-state index contributed by atoms with van der Waals surface area (Å²) in [6, 6.07) is 11.4. The van der Waals surface area contributed by atoms with Gasteiger partial charge in [0.25, 0.3) is 5.91 Å². The van der Waals surface area contributed by atoms with E-state index in [1.54, 1.807) is 12.1 Å². The number of unbranched alkanes of at least 4 members (excludes halogenated alkanes) is 1. The lowest BCUT2D eigenvalue weighted by Crippen LogP contribution is -2.33. The molecule has 4 nitrogen and oxygen atoms in total. The van der Waals surface area contributed by atoms with Crippen LogP contribution in [0.2, 0.25) is 0 Å². The zero-order chi connectivity index (χ0) is 19.9. The Balaban J connectivity index is 2.07. The summed E-state index contributed by atoms with van der Waals surface area (Å²) in [6.45, 7) is 2.60. The molecule has 0 radical (unpaired) electrons. The summed E-state index contributed by atoms with van der Waals surface area (Å²) >= 11 is 0. The molecule has 0 bridgehead atoms. The van der Waals surface area contributed by atoms with Gasteiger partial charge in [0, 0.05) is 5.56 Å². The third-order valence-corrected chi connectivity index (χ3v) is 3.52. The van der Waals surface area contributed by atoms with Crippen molar-refractivity contribution in [1.82, 2.24) is 0 Å². The van der Waals surface area contributed by atoms with Crippen molar-refractivity contribution in [1.29, 1.82) is 0 Å². The van der Waals surface area contributed by atoms with Gasteiger partial charge >= 0.3 is 12.5 Å². The minimum Gasteiger partial charge on any atom is -0.494 e. The molecule has 0 aliphatic carbocycles. The van der Waals surface area contributed by atoms with Crippen LogP contribution in [0.25, 0.3) is 0 Å². The Morgan fingerprint density at radius 3 is 2.41 bits per heavy atom. The van der Waals surface area contributed by atoms with E-state index < -0.39 is 24.2 Å². The third kappa shape index (κ3) is 5.87. The maximum Gasteiger partial charge on any atom is 0.461 e. The number of alkyl halides is 4. The minimum absolute atomic E-state index is 0.147. The van der Waals surface area contributed by atoms with Crippen LogP contribution in [0.5, 0.6) is 11.5 Å². The number of carbonyl (C=O) groups is 1. The maximum absolute atomic E-state index is 13.1. The number of hydrogen-bond acceptors (Lipinski definition) is 3. The SMILES string of the molecule is CCCCOc1ccc(C(=O)Nc2ccccc2OC(F)(F)C(F)F)cc1. The van der Waals surface area contributed by atoms with Gasteiger partial charge in [-0.2, -0.15) is 17.6 Å². The molecule has 0 saturated heterocycles. The molecule has 2 aromatic rings. The summed E-state index contributed by atoms with van der Waals surface area (Å²) in [6.07, 6.45) is -6.77. The van der Waals surface area contributed by atoms with Crippen molar-refractivity contribution in [3.63, 3.8) is 0 Å². The topological polar surface area (TPSA) is 47.6 Å². The molecule has 0 heterocycles. The van der Waals surface area contributed by atoms with Gasteiger partial charge in [-0.1, -0.05) is 25.5 Å². The number of ether oxygens (including phenoxy) is 2. The van der Waals surface area contributed by atoms with E-state index in [1.165, 1.54) is 30.3 Å². The third-order valence-electron chi connectivity index (χ3n) is 3.52. The van der Waals surface area contributed by atoms with E-state index in [1.807, 2.05) is 6.92 Å². The van der Waals surface area contributed by atoms with Gasteiger partial charge in [0.2, 0.25) is 0 Å². The van der Waals surface area contributed by atoms with Gasteiger partial charge in [0.1, 0.15) is 11.5 Å². The van der Waals surface area contributed by atoms with Gasteiger partial charge in [-0.15, -0.1) is 0 Å². The van der Waals surface area contributed by atoms with Crippen LogP contribution in [0, 0.1) is 0 Å². The molecule has 0 aliphatic heterocycles. The van der Waals surface area contributed by atoms with Crippen molar-refractivity contribution in [3.05, 3.63) is 54.1 Å². The standard InChI is InChI=1S/C19H19F4NO3/c1-2-3-12-26-14-10-8-13(9-11-14)17(25)24-15-6-4-5-7-16(15)27-19(22,23)18(20)21/h4-11,18H,2-3,12H2,1H3,(H,24,25). The van der Waals surface area contributed by atoms with Crippen LogP contribution < -0.4 is 14.8 Å². The normalized spacial score (nSPS) is 11.3. The second kappa shape index (κ2) is 9.25. The van der Waals surface area contributed by atoms with Crippen molar-refractivity contribution in [2.75, 3.05) is 11.9 Å². The van der Waals surface area contributed by atoms with E-state index in [0.717, 1.165) is 18.9 Å². The molecule has 0 spiro atoms. The molecule has 146 valence electrons.